The van der Waals surface area contributed by atoms with Gasteiger partial charge in [-0.15, -0.1) is 0 Å². The van der Waals surface area contributed by atoms with Gasteiger partial charge in [-0.05, 0) is 94.7 Å². The Hall–Kier alpha value is -6.53. The minimum atomic E-state index is -0.462. The van der Waals surface area contributed by atoms with E-state index in [1.54, 1.807) is 0 Å². The molecule has 0 amide bonds. The van der Waals surface area contributed by atoms with Crippen molar-refractivity contribution >= 4 is 66.5 Å². The van der Waals surface area contributed by atoms with E-state index in [1.807, 2.05) is 53.6 Å². The molecule has 276 valence electrons. The average molecular weight is 740 g/mol. The predicted molar refractivity (Wildman–Crippen MR) is 232 cm³/mol. The third kappa shape index (κ3) is 5.59. The monoisotopic (exact) mass is 739 g/mol. The molecule has 3 aromatic heterocycles. The summed E-state index contributed by atoms with van der Waals surface area (Å²) in [4.78, 5) is 8.82. The van der Waals surface area contributed by atoms with Crippen molar-refractivity contribution in [2.45, 2.75) is 52.4 Å². The summed E-state index contributed by atoms with van der Waals surface area (Å²) in [5.74, 6) is 2.09. The number of furan rings is 1. The second-order valence-corrected chi connectivity index (χ2v) is 16.5. The molecule has 0 unspecified atom stereocenters. The van der Waals surface area contributed by atoms with E-state index in [-0.39, 0.29) is 75.3 Å². The highest BCUT2D eigenvalue weighted by molar-refractivity contribution is 6.13. The topological polar surface area (TPSA) is 46.7 Å². The van der Waals surface area contributed by atoms with Gasteiger partial charge in [0.05, 0.1) is 43.1 Å². The van der Waals surface area contributed by atoms with Crippen LogP contribution in [0, 0.1) is 0 Å². The number of nitrogens with zero attached hydrogens (tertiary/aromatic N) is 4. The van der Waals surface area contributed by atoms with Gasteiger partial charge in [0.15, 0.2) is 0 Å². The lowest BCUT2D eigenvalue weighted by Gasteiger charge is -2.26. The first kappa shape index (κ1) is 27.1. The van der Waals surface area contributed by atoms with Gasteiger partial charge in [-0.25, -0.2) is 4.98 Å². The van der Waals surface area contributed by atoms with Crippen molar-refractivity contribution in [1.82, 2.24) is 9.55 Å². The van der Waals surface area contributed by atoms with Gasteiger partial charge in [0, 0.05) is 40.2 Å². The van der Waals surface area contributed by atoms with E-state index in [4.69, 9.17) is 22.4 Å². The Morgan fingerprint density at radius 1 is 0.607 bits per heavy atom. The molecule has 9 aromatic rings. The molecule has 0 aliphatic carbocycles. The maximum Gasteiger partial charge on any atom is 0.137 e. The molecule has 10 rings (SSSR count). The van der Waals surface area contributed by atoms with Crippen LogP contribution in [0.2, 0.25) is 0 Å². The molecule has 0 saturated carbocycles. The van der Waals surface area contributed by atoms with Crippen LogP contribution in [-0.4, -0.2) is 16.2 Å². The number of benzene rings is 6. The van der Waals surface area contributed by atoms with Crippen LogP contribution in [0.5, 0.6) is 11.5 Å². The molecule has 1 aliphatic rings. The number of ether oxygens (including phenoxy) is 1. The Kier molecular flexibility index (Phi) is 6.05. The predicted octanol–water partition coefficient (Wildman–Crippen LogP) is 13.7. The van der Waals surface area contributed by atoms with E-state index in [1.165, 1.54) is 5.56 Å². The number of fused-ring (bicyclic) bond motifs is 7. The molecule has 0 fully saturated rings. The molecule has 0 radical (unpaired) electrons. The summed E-state index contributed by atoms with van der Waals surface area (Å²) in [6.45, 7) is 13.2. The smallest absolute Gasteiger partial charge is 0.137 e. The molecule has 0 atom stereocenters. The van der Waals surface area contributed by atoms with Crippen LogP contribution >= 0.6 is 0 Å². The van der Waals surface area contributed by atoms with E-state index in [9.17, 15) is 1.37 Å². The van der Waals surface area contributed by atoms with Crippen molar-refractivity contribution in [3.8, 4) is 17.3 Å². The van der Waals surface area contributed by atoms with Gasteiger partial charge in [-0.3, -0.25) is 4.57 Å². The zero-order chi connectivity index (χ0) is 44.4. The Morgan fingerprint density at radius 2 is 1.34 bits per heavy atom. The van der Waals surface area contributed by atoms with E-state index in [0.717, 1.165) is 44.6 Å². The quantitative estimate of drug-likeness (QED) is 0.176. The Morgan fingerprint density at radius 3 is 2.16 bits per heavy atom. The van der Waals surface area contributed by atoms with Crippen LogP contribution in [0.3, 0.4) is 0 Å². The highest BCUT2D eigenvalue weighted by atomic mass is 16.5. The number of hydrogen-bond acceptors (Lipinski definition) is 5. The fraction of sp³-hybridized carbons (Fsp3) is 0.180. The van der Waals surface area contributed by atoms with Crippen LogP contribution in [0.1, 0.15) is 62.3 Å². The Balaban J connectivity index is 1.11. The molecule has 56 heavy (non-hydrogen) atoms. The summed E-state index contributed by atoms with van der Waals surface area (Å²) in [5, 5.41) is 2.46. The normalized spacial score (nSPS) is 15.1. The first-order chi connectivity index (χ1) is 29.9. The number of aromatic nitrogens is 2. The zero-order valence-electron chi connectivity index (χ0n) is 39.1. The maximum atomic E-state index is 9.28. The molecule has 1 aliphatic heterocycles. The van der Waals surface area contributed by atoms with E-state index >= 15 is 0 Å². The van der Waals surface area contributed by atoms with Gasteiger partial charge >= 0.3 is 0 Å². The third-order valence-electron chi connectivity index (χ3n) is 10.7. The van der Waals surface area contributed by atoms with Crippen LogP contribution in [0.25, 0.3) is 49.6 Å². The molecule has 0 bridgehead atoms. The van der Waals surface area contributed by atoms with Crippen LogP contribution < -0.4 is 14.5 Å². The number of pyridine rings is 1. The van der Waals surface area contributed by atoms with Crippen molar-refractivity contribution in [2.75, 3.05) is 16.5 Å². The van der Waals surface area contributed by atoms with E-state index in [2.05, 4.69) is 106 Å². The Labute approximate surface area is 337 Å². The van der Waals surface area contributed by atoms with Gasteiger partial charge in [-0.2, -0.15) is 0 Å². The molecule has 6 nitrogen and oxygen atoms in total. The molecule has 4 heterocycles. The first-order valence-electron chi connectivity index (χ1n) is 22.3. The van der Waals surface area contributed by atoms with Crippen LogP contribution in [0.15, 0.2) is 150 Å². The van der Waals surface area contributed by atoms with Gasteiger partial charge in [0.2, 0.25) is 0 Å². The molecule has 0 N–H and O–H groups in total. The number of hydrogen-bond donors (Lipinski definition) is 0. The third-order valence-corrected chi connectivity index (χ3v) is 10.7. The number of anilines is 4. The molecule has 0 saturated heterocycles. The second-order valence-electron chi connectivity index (χ2n) is 16.5. The largest absolute Gasteiger partial charge is 0.457 e. The highest BCUT2D eigenvalue weighted by Gasteiger charge is 2.31. The standard InChI is InChI=1S/C50H44N4O2/c1-49(2,3)32-24-25-51-47(28-32)54-40-16-9-7-14-37(40)38-23-22-35(30-44(38)54)55-36-27-33(50(4,5)6)26-34(29-36)52-31-53(42-18-11-10-17-41(42)52)43-19-13-21-46-48(43)39-15-8-12-20-45(39)56-46/h7-30H,31H2,1-6H3/i8D,12D,13D,15D,19D,20D,21D. The summed E-state index contributed by atoms with van der Waals surface area (Å²) >= 11 is 0. The summed E-state index contributed by atoms with van der Waals surface area (Å²) < 4.78 is 76.2. The number of rotatable bonds is 5. The van der Waals surface area contributed by atoms with E-state index < -0.39 is 12.1 Å². The fourth-order valence-electron chi connectivity index (χ4n) is 7.81. The molecular formula is C50H44N4O2. The lowest BCUT2D eigenvalue weighted by atomic mass is 9.86. The average Bonchev–Trinajstić information content (AvgIpc) is 3.94. The van der Waals surface area contributed by atoms with Crippen LogP contribution in [-0.2, 0) is 10.8 Å². The van der Waals surface area contributed by atoms with Gasteiger partial charge in [0.1, 0.15) is 35.2 Å². The second kappa shape index (κ2) is 12.5. The van der Waals surface area contributed by atoms with Gasteiger partial charge < -0.3 is 19.0 Å². The van der Waals surface area contributed by atoms with Gasteiger partial charge in [-0.1, -0.05) is 96.0 Å². The SMILES string of the molecule is [2H]c1c([2H])c([2H])c2c(oc3c([2H])c([2H])c([2H])c(N4CN(c5cc(Oc6ccc7c8ccccc8n(-c8cc(C(C)(C)C)ccn8)c7c6)cc(C(C)(C)C)c5)c5ccccc54)c32)c1[2H]. The summed E-state index contributed by atoms with van der Waals surface area (Å²) in [6, 6.07) is 30.0. The summed E-state index contributed by atoms with van der Waals surface area (Å²) in [6.07, 6.45) is 1.87. The minimum Gasteiger partial charge on any atom is -0.457 e. The van der Waals surface area contributed by atoms with Crippen molar-refractivity contribution in [1.29, 1.82) is 0 Å². The molecule has 6 heteroatoms. The number of para-hydroxylation sites is 4. The van der Waals surface area contributed by atoms with Crippen molar-refractivity contribution in [3.05, 3.63) is 157 Å². The highest BCUT2D eigenvalue weighted by Crippen LogP contribution is 2.49. The molecule has 6 aromatic carbocycles. The van der Waals surface area contributed by atoms with E-state index in [0.29, 0.717) is 17.2 Å². The minimum absolute atomic E-state index is 0.0646. The van der Waals surface area contributed by atoms with Crippen LogP contribution in [0.4, 0.5) is 22.7 Å². The molecular weight excluding hydrogens is 689 g/mol. The summed E-state index contributed by atoms with van der Waals surface area (Å²) in [5.41, 5.74) is 6.25. The van der Waals surface area contributed by atoms with Crippen molar-refractivity contribution in [3.63, 3.8) is 0 Å². The lowest BCUT2D eigenvalue weighted by molar-refractivity contribution is 0.479. The van der Waals surface area contributed by atoms with Gasteiger partial charge in [0.25, 0.3) is 0 Å². The Bertz CT molecular complexity index is 3380. The van der Waals surface area contributed by atoms with Crippen molar-refractivity contribution in [2.24, 2.45) is 0 Å². The lowest BCUT2D eigenvalue weighted by Crippen LogP contribution is -2.24. The molecule has 0 spiro atoms. The summed E-state index contributed by atoms with van der Waals surface area (Å²) in [7, 11) is 0. The fourth-order valence-corrected chi connectivity index (χ4v) is 7.81. The maximum absolute atomic E-state index is 9.28. The zero-order valence-corrected chi connectivity index (χ0v) is 32.1. The first-order valence-corrected chi connectivity index (χ1v) is 18.8. The van der Waals surface area contributed by atoms with Crippen molar-refractivity contribution < 1.29 is 18.7 Å².